The maximum absolute atomic E-state index is 6.18. The zero-order valence-electron chi connectivity index (χ0n) is 13.9. The molecule has 124 valence electrons. The Balaban J connectivity index is 1.85. The Bertz CT molecular complexity index is 274. The van der Waals surface area contributed by atoms with Crippen molar-refractivity contribution in [1.29, 1.82) is 0 Å². The van der Waals surface area contributed by atoms with Crippen LogP contribution in [0.25, 0.3) is 0 Å². The van der Waals surface area contributed by atoms with Crippen LogP contribution in [0.15, 0.2) is 0 Å². The lowest BCUT2D eigenvalue weighted by atomic mass is 9.77. The summed E-state index contributed by atoms with van der Waals surface area (Å²) in [6, 6.07) is 0.610. The van der Waals surface area contributed by atoms with Crippen LogP contribution < -0.4 is 5.32 Å². The fraction of sp³-hybridized carbons (Fsp3) is 1.00. The van der Waals surface area contributed by atoms with E-state index in [2.05, 4.69) is 19.2 Å². The normalized spacial score (nSPS) is 26.9. The summed E-state index contributed by atoms with van der Waals surface area (Å²) in [5.74, 6) is 0.735. The first-order valence-corrected chi connectivity index (χ1v) is 8.82. The second kappa shape index (κ2) is 9.09. The van der Waals surface area contributed by atoms with E-state index < -0.39 is 0 Å². The Labute approximate surface area is 129 Å². The number of rotatable bonds is 8. The molecule has 2 atom stereocenters. The van der Waals surface area contributed by atoms with Crippen LogP contribution in [0.1, 0.15) is 52.4 Å². The van der Waals surface area contributed by atoms with Gasteiger partial charge in [-0.05, 0) is 57.9 Å². The van der Waals surface area contributed by atoms with Gasteiger partial charge >= 0.3 is 0 Å². The van der Waals surface area contributed by atoms with Gasteiger partial charge in [-0.2, -0.15) is 0 Å². The molecule has 2 unspecified atom stereocenters. The Morgan fingerprint density at radius 3 is 2.76 bits per heavy atom. The lowest BCUT2D eigenvalue weighted by Crippen LogP contribution is -2.49. The summed E-state index contributed by atoms with van der Waals surface area (Å²) in [7, 11) is 0. The second-order valence-corrected chi connectivity index (χ2v) is 6.40. The zero-order chi connectivity index (χ0) is 15.0. The molecular weight excluding hydrogens is 266 g/mol. The zero-order valence-corrected chi connectivity index (χ0v) is 13.9. The quantitative estimate of drug-likeness (QED) is 0.700. The summed E-state index contributed by atoms with van der Waals surface area (Å²) >= 11 is 0. The van der Waals surface area contributed by atoms with E-state index in [1.54, 1.807) is 0 Å². The van der Waals surface area contributed by atoms with E-state index in [9.17, 15) is 0 Å². The molecule has 4 heteroatoms. The van der Waals surface area contributed by atoms with Crippen molar-refractivity contribution in [2.45, 2.75) is 64.0 Å². The van der Waals surface area contributed by atoms with Gasteiger partial charge in [0.1, 0.15) is 0 Å². The van der Waals surface area contributed by atoms with Gasteiger partial charge in [0, 0.05) is 39.1 Å². The average molecular weight is 299 g/mol. The molecule has 0 aromatic heterocycles. The Morgan fingerprint density at radius 2 is 2.05 bits per heavy atom. The van der Waals surface area contributed by atoms with E-state index in [-0.39, 0.29) is 5.60 Å². The molecule has 2 fully saturated rings. The molecule has 4 nitrogen and oxygen atoms in total. The van der Waals surface area contributed by atoms with Crippen LogP contribution >= 0.6 is 0 Å². The number of hydrogen-bond acceptors (Lipinski definition) is 4. The summed E-state index contributed by atoms with van der Waals surface area (Å²) in [4.78, 5) is 0. The van der Waals surface area contributed by atoms with Gasteiger partial charge in [0.2, 0.25) is 0 Å². The van der Waals surface area contributed by atoms with E-state index in [0.717, 1.165) is 64.8 Å². The van der Waals surface area contributed by atoms with E-state index in [0.29, 0.717) is 6.04 Å². The van der Waals surface area contributed by atoms with Crippen LogP contribution in [0.5, 0.6) is 0 Å². The Hall–Kier alpha value is -0.160. The third-order valence-electron chi connectivity index (χ3n) is 4.98. The van der Waals surface area contributed by atoms with Crippen LogP contribution in [-0.2, 0) is 14.2 Å². The molecule has 0 bridgehead atoms. The second-order valence-electron chi connectivity index (χ2n) is 6.40. The van der Waals surface area contributed by atoms with Crippen molar-refractivity contribution in [1.82, 2.24) is 5.32 Å². The van der Waals surface area contributed by atoms with Crippen LogP contribution in [0.4, 0.5) is 0 Å². The monoisotopic (exact) mass is 299 g/mol. The van der Waals surface area contributed by atoms with Gasteiger partial charge in [0.15, 0.2) is 0 Å². The van der Waals surface area contributed by atoms with Gasteiger partial charge in [-0.15, -0.1) is 0 Å². The molecule has 0 radical (unpaired) electrons. The average Bonchev–Trinajstić information content (AvgIpc) is 2.51. The third-order valence-corrected chi connectivity index (χ3v) is 4.98. The predicted octanol–water partition coefficient (Wildman–Crippen LogP) is 2.76. The summed E-state index contributed by atoms with van der Waals surface area (Å²) in [5.41, 5.74) is 0.106. The number of ether oxygens (including phenoxy) is 3. The first-order valence-electron chi connectivity index (χ1n) is 8.82. The molecule has 0 saturated carbocycles. The minimum Gasteiger partial charge on any atom is -0.382 e. The largest absolute Gasteiger partial charge is 0.382 e. The van der Waals surface area contributed by atoms with Gasteiger partial charge in [0.05, 0.1) is 5.60 Å². The van der Waals surface area contributed by atoms with Gasteiger partial charge < -0.3 is 19.5 Å². The molecule has 2 heterocycles. The van der Waals surface area contributed by atoms with E-state index in [1.807, 2.05) is 0 Å². The molecule has 0 aliphatic carbocycles. The number of hydrogen-bond donors (Lipinski definition) is 1. The highest BCUT2D eigenvalue weighted by atomic mass is 16.5. The molecule has 1 N–H and O–H groups in total. The summed E-state index contributed by atoms with van der Waals surface area (Å²) < 4.78 is 17.2. The maximum atomic E-state index is 6.18. The van der Waals surface area contributed by atoms with Gasteiger partial charge in [0.25, 0.3) is 0 Å². The minimum absolute atomic E-state index is 0.106. The molecule has 21 heavy (non-hydrogen) atoms. The smallest absolute Gasteiger partial charge is 0.0729 e. The van der Waals surface area contributed by atoms with E-state index in [1.165, 1.54) is 19.3 Å². The molecule has 0 aromatic carbocycles. The standard InChI is InChI=1S/C17H33NO3/c1-3-18-16(6-5-10-19-4-2)15-7-11-21-17(14-15)8-12-20-13-9-17/h15-16,18H,3-14H2,1-2H3. The molecule has 2 aliphatic rings. The Kier molecular flexibility index (Phi) is 7.44. The molecule has 2 rings (SSSR count). The summed E-state index contributed by atoms with van der Waals surface area (Å²) in [6.45, 7) is 9.68. The van der Waals surface area contributed by atoms with Crippen LogP contribution in [0.3, 0.4) is 0 Å². The molecule has 2 aliphatic heterocycles. The highest BCUT2D eigenvalue weighted by Gasteiger charge is 2.40. The van der Waals surface area contributed by atoms with E-state index >= 15 is 0 Å². The van der Waals surface area contributed by atoms with Crippen molar-refractivity contribution < 1.29 is 14.2 Å². The lowest BCUT2D eigenvalue weighted by Gasteiger charge is -2.45. The number of nitrogens with one attached hydrogen (secondary N) is 1. The van der Waals surface area contributed by atoms with Crippen LogP contribution in [-0.4, -0.2) is 51.2 Å². The van der Waals surface area contributed by atoms with Crippen LogP contribution in [0.2, 0.25) is 0 Å². The lowest BCUT2D eigenvalue weighted by molar-refractivity contribution is -0.150. The summed E-state index contributed by atoms with van der Waals surface area (Å²) in [5, 5.41) is 3.71. The van der Waals surface area contributed by atoms with Gasteiger partial charge in [-0.25, -0.2) is 0 Å². The first kappa shape index (κ1) is 17.2. The van der Waals surface area contributed by atoms with E-state index in [4.69, 9.17) is 14.2 Å². The predicted molar refractivity (Wildman–Crippen MR) is 84.7 cm³/mol. The highest BCUT2D eigenvalue weighted by molar-refractivity contribution is 4.92. The molecule has 2 saturated heterocycles. The molecule has 0 amide bonds. The SMILES string of the molecule is CCNC(CCCOCC)C1CCOC2(CCOCC2)C1. The van der Waals surface area contributed by atoms with Crippen LogP contribution in [0, 0.1) is 5.92 Å². The summed E-state index contributed by atoms with van der Waals surface area (Å²) in [6.07, 6.45) is 6.89. The van der Waals surface area contributed by atoms with Crippen molar-refractivity contribution in [3.05, 3.63) is 0 Å². The van der Waals surface area contributed by atoms with Gasteiger partial charge in [-0.1, -0.05) is 6.92 Å². The van der Waals surface area contributed by atoms with Crippen molar-refractivity contribution >= 4 is 0 Å². The first-order chi connectivity index (χ1) is 10.3. The van der Waals surface area contributed by atoms with Gasteiger partial charge in [-0.3, -0.25) is 0 Å². The van der Waals surface area contributed by atoms with Crippen molar-refractivity contribution in [2.24, 2.45) is 5.92 Å². The van der Waals surface area contributed by atoms with Crippen molar-refractivity contribution in [3.8, 4) is 0 Å². The fourth-order valence-corrected chi connectivity index (χ4v) is 3.82. The molecule has 1 spiro atoms. The molecular formula is C17H33NO3. The Morgan fingerprint density at radius 1 is 1.24 bits per heavy atom. The third kappa shape index (κ3) is 5.20. The molecule has 0 aromatic rings. The minimum atomic E-state index is 0.106. The van der Waals surface area contributed by atoms with Crippen molar-refractivity contribution in [3.63, 3.8) is 0 Å². The maximum Gasteiger partial charge on any atom is 0.0729 e. The topological polar surface area (TPSA) is 39.7 Å². The fourth-order valence-electron chi connectivity index (χ4n) is 3.82. The highest BCUT2D eigenvalue weighted by Crippen LogP contribution is 2.38. The van der Waals surface area contributed by atoms with Crippen molar-refractivity contribution in [2.75, 3.05) is 39.6 Å².